The van der Waals surface area contributed by atoms with Crippen LogP contribution in [0.1, 0.15) is 5.56 Å². The van der Waals surface area contributed by atoms with Crippen molar-refractivity contribution in [2.45, 2.75) is 0 Å². The van der Waals surface area contributed by atoms with Gasteiger partial charge < -0.3 is 10.1 Å². The van der Waals surface area contributed by atoms with E-state index < -0.39 is 22.7 Å². The summed E-state index contributed by atoms with van der Waals surface area (Å²) in [7, 11) is 0. The number of benzene rings is 2. The number of ether oxygens (including phenoxy) is 1. The minimum absolute atomic E-state index is 0.0909. The largest absolute Gasteiger partial charge is 0.424 e. The van der Waals surface area contributed by atoms with Crippen molar-refractivity contribution in [3.05, 3.63) is 82.8 Å². The summed E-state index contributed by atoms with van der Waals surface area (Å²) in [6.07, 6.45) is 4.74. The first kappa shape index (κ1) is 19.6. The number of aromatic nitrogens is 2. The van der Waals surface area contributed by atoms with Crippen LogP contribution in [0.3, 0.4) is 0 Å². The summed E-state index contributed by atoms with van der Waals surface area (Å²) in [5, 5.41) is 2.09. The average Bonchev–Trinajstić information content (AvgIpc) is 3.05. The molecule has 0 radical (unpaired) electrons. The second-order valence-electron chi connectivity index (χ2n) is 5.91. The van der Waals surface area contributed by atoms with E-state index in [1.807, 2.05) is 0 Å². The summed E-state index contributed by atoms with van der Waals surface area (Å²) in [5.41, 5.74) is 0.500. The Morgan fingerprint density at radius 1 is 1.03 bits per heavy atom. The normalized spacial score (nSPS) is 16.2. The predicted octanol–water partition coefficient (Wildman–Crippen LogP) is 5.21. The van der Waals surface area contributed by atoms with Crippen molar-refractivity contribution >= 4 is 34.6 Å². The molecule has 1 aliphatic rings. The van der Waals surface area contributed by atoms with Crippen LogP contribution >= 0.6 is 11.8 Å². The highest BCUT2D eigenvalue weighted by molar-refractivity contribution is 8.18. The second kappa shape index (κ2) is 8.37. The van der Waals surface area contributed by atoms with Crippen LogP contribution in [-0.4, -0.2) is 21.0 Å². The highest BCUT2D eigenvalue weighted by Crippen LogP contribution is 2.30. The molecular weight excluding hydrogens is 417 g/mol. The Balaban J connectivity index is 1.63. The zero-order valence-electron chi connectivity index (χ0n) is 15.0. The van der Waals surface area contributed by atoms with Crippen molar-refractivity contribution in [2.75, 3.05) is 0 Å². The predicted molar refractivity (Wildman–Crippen MR) is 106 cm³/mol. The van der Waals surface area contributed by atoms with Gasteiger partial charge in [-0.05, 0) is 41.6 Å². The van der Waals surface area contributed by atoms with Crippen molar-refractivity contribution in [1.29, 1.82) is 0 Å². The highest BCUT2D eigenvalue weighted by atomic mass is 32.2. The van der Waals surface area contributed by atoms with Crippen LogP contribution in [-0.2, 0) is 0 Å². The van der Waals surface area contributed by atoms with Gasteiger partial charge in [-0.3, -0.25) is 4.79 Å². The summed E-state index contributed by atoms with van der Waals surface area (Å²) < 4.78 is 45.6. The molecule has 10 heteroatoms. The lowest BCUT2D eigenvalue weighted by Gasteiger charge is -2.05. The monoisotopic (exact) mass is 428 g/mol. The topological polar surface area (TPSA) is 76.5 Å². The Labute approximate surface area is 172 Å². The van der Waals surface area contributed by atoms with Crippen molar-refractivity contribution in [3.63, 3.8) is 0 Å². The summed E-state index contributed by atoms with van der Waals surface area (Å²) >= 11 is 0.862. The number of amides is 1. The van der Waals surface area contributed by atoms with Gasteiger partial charge in [-0.1, -0.05) is 12.1 Å². The molecule has 1 amide bonds. The summed E-state index contributed by atoms with van der Waals surface area (Å²) in [6, 6.07) is 10.2. The third kappa shape index (κ3) is 4.49. The molecule has 2 aromatic carbocycles. The van der Waals surface area contributed by atoms with Crippen molar-refractivity contribution in [1.82, 2.24) is 15.3 Å². The number of carbonyl (C=O) groups excluding carboxylic acids is 1. The van der Waals surface area contributed by atoms with Gasteiger partial charge in [0.05, 0.1) is 10.6 Å². The van der Waals surface area contributed by atoms with E-state index in [2.05, 4.69) is 20.3 Å². The molecule has 150 valence electrons. The minimum atomic E-state index is -1.58. The lowest BCUT2D eigenvalue weighted by Crippen LogP contribution is -2.18. The number of hydrogen-bond acceptors (Lipinski definition) is 6. The molecule has 1 aromatic heterocycles. The second-order valence-corrected chi connectivity index (χ2v) is 6.93. The van der Waals surface area contributed by atoms with Gasteiger partial charge in [0.1, 0.15) is 11.6 Å². The van der Waals surface area contributed by atoms with E-state index >= 15 is 0 Å². The number of hydrogen-bond donors (Lipinski definition) is 1. The number of thioether (sulfide) groups is 1. The molecule has 1 N–H and O–H groups in total. The van der Waals surface area contributed by atoms with E-state index in [1.54, 1.807) is 48.8 Å². The molecule has 0 atom stereocenters. The Hall–Kier alpha value is -3.66. The fourth-order valence-electron chi connectivity index (χ4n) is 2.51. The number of amidine groups is 1. The van der Waals surface area contributed by atoms with E-state index in [4.69, 9.17) is 4.74 Å². The molecule has 1 saturated heterocycles. The van der Waals surface area contributed by atoms with Gasteiger partial charge in [-0.2, -0.15) is 0 Å². The zero-order valence-corrected chi connectivity index (χ0v) is 15.8. The number of nitrogens with one attached hydrogen (secondary N) is 1. The van der Waals surface area contributed by atoms with Crippen LogP contribution in [0.25, 0.3) is 6.08 Å². The van der Waals surface area contributed by atoms with E-state index in [0.29, 0.717) is 16.2 Å². The first-order chi connectivity index (χ1) is 14.5. The smallest absolute Gasteiger partial charge is 0.321 e. The molecule has 1 aliphatic heterocycles. The number of nitrogens with zero attached hydrogens (tertiary/aromatic N) is 3. The van der Waals surface area contributed by atoms with Crippen LogP contribution < -0.4 is 10.1 Å². The van der Waals surface area contributed by atoms with Crippen LogP contribution in [0.15, 0.2) is 64.8 Å². The first-order valence-corrected chi connectivity index (χ1v) is 9.28. The lowest BCUT2D eigenvalue weighted by atomic mass is 10.2. The molecule has 0 aliphatic carbocycles. The Bertz CT molecular complexity index is 1160. The number of halogens is 3. The highest BCUT2D eigenvalue weighted by Gasteiger charge is 2.24. The fourth-order valence-corrected chi connectivity index (χ4v) is 3.25. The molecule has 0 bridgehead atoms. The van der Waals surface area contributed by atoms with Gasteiger partial charge in [-0.15, -0.1) is 0 Å². The van der Waals surface area contributed by atoms with E-state index in [0.717, 1.165) is 23.9 Å². The quantitative estimate of drug-likeness (QED) is 0.577. The van der Waals surface area contributed by atoms with Crippen LogP contribution in [0.2, 0.25) is 0 Å². The van der Waals surface area contributed by atoms with E-state index in [-0.39, 0.29) is 17.5 Å². The molecule has 4 rings (SSSR count). The van der Waals surface area contributed by atoms with Crippen LogP contribution in [0.4, 0.5) is 23.7 Å². The Kier molecular flexibility index (Phi) is 5.48. The third-order valence-electron chi connectivity index (χ3n) is 3.77. The van der Waals surface area contributed by atoms with Gasteiger partial charge in [0.2, 0.25) is 0 Å². The molecule has 0 spiro atoms. The van der Waals surface area contributed by atoms with Gasteiger partial charge >= 0.3 is 6.01 Å². The fraction of sp³-hybridized carbons (Fsp3) is 0. The van der Waals surface area contributed by atoms with Crippen LogP contribution in [0, 0.1) is 17.5 Å². The molecule has 0 saturated carbocycles. The molecule has 2 heterocycles. The molecule has 6 nitrogen and oxygen atoms in total. The van der Waals surface area contributed by atoms with Gasteiger partial charge in [-0.25, -0.2) is 28.1 Å². The molecule has 0 unspecified atom stereocenters. The summed E-state index contributed by atoms with van der Waals surface area (Å²) in [6.45, 7) is 0. The van der Waals surface area contributed by atoms with E-state index in [9.17, 15) is 18.0 Å². The van der Waals surface area contributed by atoms with Gasteiger partial charge in [0, 0.05) is 24.5 Å². The van der Waals surface area contributed by atoms with Gasteiger partial charge in [0.25, 0.3) is 5.24 Å². The van der Waals surface area contributed by atoms with Crippen molar-refractivity contribution in [2.24, 2.45) is 4.99 Å². The number of carbonyl (C=O) groups is 1. The summed E-state index contributed by atoms with van der Waals surface area (Å²) in [5.74, 6) is -3.76. The Morgan fingerprint density at radius 2 is 1.77 bits per heavy atom. The Morgan fingerprint density at radius 3 is 2.50 bits per heavy atom. The minimum Gasteiger partial charge on any atom is -0.424 e. The first-order valence-electron chi connectivity index (χ1n) is 8.47. The van der Waals surface area contributed by atoms with Crippen molar-refractivity contribution < 1.29 is 22.7 Å². The number of aliphatic imine (C=N–C) groups is 1. The standard InChI is InChI=1S/C20H11F3N4O2S/c21-14-9-12(10-15(22)17(14)23)26-18-16(30-20(28)27-18)8-11-3-1-4-13(7-11)29-19-24-5-2-6-25-19/h1-10H,(H,26,27,28)/b16-8-. The maximum Gasteiger partial charge on any atom is 0.321 e. The maximum atomic E-state index is 13.4. The van der Waals surface area contributed by atoms with Gasteiger partial charge in [0.15, 0.2) is 17.5 Å². The lowest BCUT2D eigenvalue weighted by molar-refractivity contribution is 0.265. The molecule has 3 aromatic rings. The molecule has 30 heavy (non-hydrogen) atoms. The average molecular weight is 428 g/mol. The molecular formula is C20H11F3N4O2S. The SMILES string of the molecule is O=C1NC(=Nc2cc(F)c(F)c(F)c2)/C(=C/c2cccc(Oc3ncccn3)c2)S1. The molecule has 1 fully saturated rings. The van der Waals surface area contributed by atoms with Crippen molar-refractivity contribution in [3.8, 4) is 11.8 Å². The van der Waals surface area contributed by atoms with E-state index in [1.165, 1.54) is 0 Å². The zero-order chi connectivity index (χ0) is 21.1. The number of rotatable bonds is 4. The maximum absolute atomic E-state index is 13.4. The van der Waals surface area contributed by atoms with Crippen LogP contribution in [0.5, 0.6) is 11.8 Å². The third-order valence-corrected chi connectivity index (χ3v) is 4.59. The summed E-state index contributed by atoms with van der Waals surface area (Å²) in [4.78, 5) is 24.2.